The lowest BCUT2D eigenvalue weighted by Crippen LogP contribution is -2.48. The smallest absolute Gasteiger partial charge is 0.255 e. The van der Waals surface area contributed by atoms with E-state index in [1.807, 2.05) is 22.4 Å². The summed E-state index contributed by atoms with van der Waals surface area (Å²) in [5, 5.41) is 8.17. The van der Waals surface area contributed by atoms with Gasteiger partial charge in [-0.1, -0.05) is 18.1 Å². The van der Waals surface area contributed by atoms with Crippen molar-refractivity contribution in [3.63, 3.8) is 0 Å². The number of aromatic nitrogens is 2. The molecule has 0 spiro atoms. The van der Waals surface area contributed by atoms with Crippen molar-refractivity contribution in [1.29, 1.82) is 0 Å². The highest BCUT2D eigenvalue weighted by Crippen LogP contribution is 2.33. The lowest BCUT2D eigenvalue weighted by Gasteiger charge is -2.34. The Hall–Kier alpha value is -2.03. The Labute approximate surface area is 178 Å². The van der Waals surface area contributed by atoms with Crippen LogP contribution in [0.1, 0.15) is 40.0 Å². The van der Waals surface area contributed by atoms with Gasteiger partial charge >= 0.3 is 0 Å². The van der Waals surface area contributed by atoms with Crippen LogP contribution in [0.4, 0.5) is 0 Å². The summed E-state index contributed by atoms with van der Waals surface area (Å²) in [5.41, 5.74) is 2.26. The van der Waals surface area contributed by atoms with E-state index in [2.05, 4.69) is 27.3 Å². The van der Waals surface area contributed by atoms with Crippen LogP contribution in [0.15, 0.2) is 27.4 Å². The standard InChI is InChI=1S/C21H24N4O2S2/c1-14-4-5-15-16(13-29-18(15)11-14)21(26)25-8-6-24(7-9-25)12-19-22-20(23-27-19)17-3-2-10-28-17/h2-3,10,13-14H,4-9,11-12H2,1H3. The van der Waals surface area contributed by atoms with Gasteiger partial charge in [-0.25, -0.2) is 0 Å². The summed E-state index contributed by atoms with van der Waals surface area (Å²) in [5.74, 6) is 2.22. The van der Waals surface area contributed by atoms with Crippen molar-refractivity contribution in [2.45, 2.75) is 32.7 Å². The van der Waals surface area contributed by atoms with Crippen molar-refractivity contribution in [3.05, 3.63) is 44.8 Å². The molecule has 0 saturated carbocycles. The first-order valence-electron chi connectivity index (χ1n) is 10.1. The summed E-state index contributed by atoms with van der Waals surface area (Å²) < 4.78 is 5.42. The van der Waals surface area contributed by atoms with E-state index in [4.69, 9.17) is 4.52 Å². The maximum Gasteiger partial charge on any atom is 0.255 e. The predicted molar refractivity (Wildman–Crippen MR) is 114 cm³/mol. The Kier molecular flexibility index (Phi) is 5.24. The number of fused-ring (bicyclic) bond motifs is 1. The molecule has 1 saturated heterocycles. The zero-order valence-corrected chi connectivity index (χ0v) is 18.1. The molecule has 0 radical (unpaired) electrons. The van der Waals surface area contributed by atoms with Gasteiger partial charge in [0.15, 0.2) is 0 Å². The number of carbonyl (C=O) groups excluding carboxylic acids is 1. The summed E-state index contributed by atoms with van der Waals surface area (Å²) >= 11 is 3.37. The highest BCUT2D eigenvalue weighted by atomic mass is 32.1. The van der Waals surface area contributed by atoms with Crippen LogP contribution in [0.5, 0.6) is 0 Å². The zero-order valence-electron chi connectivity index (χ0n) is 16.5. The number of thiophene rings is 2. The Morgan fingerprint density at radius 1 is 1.28 bits per heavy atom. The fourth-order valence-corrected chi connectivity index (χ4v) is 6.04. The number of piperazine rings is 1. The molecule has 6 nitrogen and oxygen atoms in total. The van der Waals surface area contributed by atoms with E-state index in [0.717, 1.165) is 55.4 Å². The first-order valence-corrected chi connectivity index (χ1v) is 11.9. The summed E-state index contributed by atoms with van der Waals surface area (Å²) in [6.45, 7) is 6.07. The Bertz CT molecular complexity index is 986. The van der Waals surface area contributed by atoms with Crippen molar-refractivity contribution < 1.29 is 9.32 Å². The molecule has 1 aliphatic carbocycles. The van der Waals surface area contributed by atoms with E-state index in [0.29, 0.717) is 18.3 Å². The van der Waals surface area contributed by atoms with Gasteiger partial charge in [-0.15, -0.1) is 22.7 Å². The molecular weight excluding hydrogens is 404 g/mol. The maximum absolute atomic E-state index is 13.1. The maximum atomic E-state index is 13.1. The van der Waals surface area contributed by atoms with Crippen molar-refractivity contribution in [3.8, 4) is 10.7 Å². The molecule has 4 heterocycles. The lowest BCUT2D eigenvalue weighted by atomic mass is 9.88. The van der Waals surface area contributed by atoms with Crippen LogP contribution in [0.25, 0.3) is 10.7 Å². The predicted octanol–water partition coefficient (Wildman–Crippen LogP) is 3.94. The summed E-state index contributed by atoms with van der Waals surface area (Å²) in [4.78, 5) is 24.3. The first-order chi connectivity index (χ1) is 14.2. The fraction of sp³-hybridized carbons (Fsp3) is 0.476. The molecule has 0 N–H and O–H groups in total. The first kappa shape index (κ1) is 19.0. The quantitative estimate of drug-likeness (QED) is 0.630. The molecule has 2 aliphatic rings. The third-order valence-electron chi connectivity index (χ3n) is 5.86. The number of amides is 1. The highest BCUT2D eigenvalue weighted by molar-refractivity contribution is 7.13. The number of hydrogen-bond donors (Lipinski definition) is 0. The molecule has 1 unspecified atom stereocenters. The van der Waals surface area contributed by atoms with E-state index in [9.17, 15) is 4.79 Å². The lowest BCUT2D eigenvalue weighted by molar-refractivity contribution is 0.0614. The minimum absolute atomic E-state index is 0.203. The molecule has 3 aromatic rings. The number of rotatable bonds is 4. The second-order valence-corrected chi connectivity index (χ2v) is 9.87. The van der Waals surface area contributed by atoms with E-state index in [-0.39, 0.29) is 5.91 Å². The van der Waals surface area contributed by atoms with Crippen LogP contribution in [0.2, 0.25) is 0 Å². The van der Waals surface area contributed by atoms with Gasteiger partial charge in [0, 0.05) is 36.4 Å². The van der Waals surface area contributed by atoms with Gasteiger partial charge < -0.3 is 9.42 Å². The summed E-state index contributed by atoms with van der Waals surface area (Å²) in [6.07, 6.45) is 3.36. The number of nitrogens with zero attached hydrogens (tertiary/aromatic N) is 4. The van der Waals surface area contributed by atoms with Crippen molar-refractivity contribution >= 4 is 28.6 Å². The molecule has 8 heteroatoms. The normalized spacial score (nSPS) is 20.0. The topological polar surface area (TPSA) is 62.5 Å². The van der Waals surface area contributed by atoms with Crippen molar-refractivity contribution in [2.75, 3.05) is 26.2 Å². The molecule has 152 valence electrons. The molecule has 0 bridgehead atoms. The minimum Gasteiger partial charge on any atom is -0.338 e. The molecule has 1 amide bonds. The van der Waals surface area contributed by atoms with E-state index >= 15 is 0 Å². The van der Waals surface area contributed by atoms with E-state index < -0.39 is 0 Å². The molecule has 1 fully saturated rings. The highest BCUT2D eigenvalue weighted by Gasteiger charge is 2.28. The van der Waals surface area contributed by atoms with E-state index in [1.165, 1.54) is 16.9 Å². The van der Waals surface area contributed by atoms with Gasteiger partial charge in [-0.3, -0.25) is 9.69 Å². The van der Waals surface area contributed by atoms with Gasteiger partial charge in [0.2, 0.25) is 11.7 Å². The molecule has 1 atom stereocenters. The SMILES string of the molecule is CC1CCc2c(C(=O)N3CCN(Cc4nc(-c5cccs5)no4)CC3)csc2C1. The van der Waals surface area contributed by atoms with Crippen molar-refractivity contribution in [1.82, 2.24) is 19.9 Å². The van der Waals surface area contributed by atoms with Gasteiger partial charge in [-0.2, -0.15) is 4.98 Å². The van der Waals surface area contributed by atoms with Gasteiger partial charge in [0.1, 0.15) is 0 Å². The van der Waals surface area contributed by atoms with Gasteiger partial charge in [0.25, 0.3) is 5.91 Å². The zero-order chi connectivity index (χ0) is 19.8. The van der Waals surface area contributed by atoms with Crippen LogP contribution in [0.3, 0.4) is 0 Å². The number of carbonyl (C=O) groups is 1. The molecule has 5 rings (SSSR count). The van der Waals surface area contributed by atoms with Crippen LogP contribution in [0, 0.1) is 5.92 Å². The largest absolute Gasteiger partial charge is 0.338 e. The molecular formula is C21H24N4O2S2. The molecule has 0 aromatic carbocycles. The second kappa shape index (κ2) is 8.01. The average molecular weight is 429 g/mol. The fourth-order valence-electron chi connectivity index (χ4n) is 4.15. The minimum atomic E-state index is 0.203. The van der Waals surface area contributed by atoms with Gasteiger partial charge in [0.05, 0.1) is 17.0 Å². The molecule has 29 heavy (non-hydrogen) atoms. The monoisotopic (exact) mass is 428 g/mol. The van der Waals surface area contributed by atoms with Crippen molar-refractivity contribution in [2.24, 2.45) is 5.92 Å². The number of hydrogen-bond acceptors (Lipinski definition) is 7. The van der Waals surface area contributed by atoms with Crippen LogP contribution < -0.4 is 0 Å². The molecule has 1 aliphatic heterocycles. The van der Waals surface area contributed by atoms with Crippen LogP contribution >= 0.6 is 22.7 Å². The Balaban J connectivity index is 1.18. The van der Waals surface area contributed by atoms with Gasteiger partial charge in [-0.05, 0) is 42.2 Å². The van der Waals surface area contributed by atoms with Crippen LogP contribution in [-0.2, 0) is 19.4 Å². The average Bonchev–Trinajstić information content (AvgIpc) is 3.48. The third-order valence-corrected chi connectivity index (χ3v) is 7.78. The van der Waals surface area contributed by atoms with Crippen LogP contribution in [-0.4, -0.2) is 52.0 Å². The summed E-state index contributed by atoms with van der Waals surface area (Å²) in [7, 11) is 0. The van der Waals surface area contributed by atoms with E-state index in [1.54, 1.807) is 22.7 Å². The summed E-state index contributed by atoms with van der Waals surface area (Å²) in [6, 6.07) is 3.98. The third kappa shape index (κ3) is 3.89. The Morgan fingerprint density at radius 2 is 2.14 bits per heavy atom. The second-order valence-electron chi connectivity index (χ2n) is 7.96. The molecule has 3 aromatic heterocycles. The Morgan fingerprint density at radius 3 is 2.93 bits per heavy atom.